The maximum absolute atomic E-state index is 12.4. The van der Waals surface area contributed by atoms with E-state index in [1.165, 1.54) is 5.56 Å². The zero-order valence-corrected chi connectivity index (χ0v) is 15.7. The van der Waals surface area contributed by atoms with Crippen molar-refractivity contribution in [3.8, 4) is 0 Å². The van der Waals surface area contributed by atoms with Crippen molar-refractivity contribution in [2.45, 2.75) is 19.8 Å². The highest BCUT2D eigenvalue weighted by atomic mass is 16.2. The lowest BCUT2D eigenvalue weighted by atomic mass is 10.0. The first kappa shape index (κ1) is 19.6. The standard InChI is InChI=1S/C20H26N4O2/c1-14(2)15-8-10-16(11-9-15)22-20(26)18-7-5-6-17(23-18)19(25)21-12-13-24(3)4/h5-11,14H,12-13H2,1-4H3,(H,21,25)(H,22,26). The summed E-state index contributed by atoms with van der Waals surface area (Å²) in [5.74, 6) is -0.197. The smallest absolute Gasteiger partial charge is 0.274 e. The Morgan fingerprint density at radius 2 is 1.62 bits per heavy atom. The topological polar surface area (TPSA) is 74.3 Å². The van der Waals surface area contributed by atoms with Gasteiger partial charge in [-0.25, -0.2) is 4.98 Å². The van der Waals surface area contributed by atoms with Gasteiger partial charge in [0, 0.05) is 18.8 Å². The van der Waals surface area contributed by atoms with Gasteiger partial charge >= 0.3 is 0 Å². The number of pyridine rings is 1. The zero-order valence-electron chi connectivity index (χ0n) is 15.7. The van der Waals surface area contributed by atoms with E-state index in [0.29, 0.717) is 18.2 Å². The summed E-state index contributed by atoms with van der Waals surface area (Å²) in [4.78, 5) is 30.7. The second kappa shape index (κ2) is 9.10. The molecule has 0 spiro atoms. The van der Waals surface area contributed by atoms with E-state index in [4.69, 9.17) is 0 Å². The van der Waals surface area contributed by atoms with Crippen molar-refractivity contribution in [2.24, 2.45) is 0 Å². The summed E-state index contributed by atoms with van der Waals surface area (Å²) >= 11 is 0. The van der Waals surface area contributed by atoms with Crippen molar-refractivity contribution in [2.75, 3.05) is 32.5 Å². The van der Waals surface area contributed by atoms with Gasteiger partial charge in [-0.3, -0.25) is 9.59 Å². The second-order valence-electron chi connectivity index (χ2n) is 6.70. The van der Waals surface area contributed by atoms with Gasteiger partial charge in [0.15, 0.2) is 0 Å². The predicted octanol–water partition coefficient (Wildman–Crippen LogP) is 2.75. The fourth-order valence-electron chi connectivity index (χ4n) is 2.32. The van der Waals surface area contributed by atoms with Crippen LogP contribution in [0.2, 0.25) is 0 Å². The molecule has 0 unspecified atom stereocenters. The Labute approximate surface area is 154 Å². The fraction of sp³-hybridized carbons (Fsp3) is 0.350. The Bertz CT molecular complexity index is 755. The van der Waals surface area contributed by atoms with Crippen molar-refractivity contribution < 1.29 is 9.59 Å². The van der Waals surface area contributed by atoms with Crippen LogP contribution in [0.3, 0.4) is 0 Å². The lowest BCUT2D eigenvalue weighted by molar-refractivity contribution is 0.0946. The largest absolute Gasteiger partial charge is 0.349 e. The van der Waals surface area contributed by atoms with E-state index < -0.39 is 0 Å². The molecule has 138 valence electrons. The molecule has 0 bridgehead atoms. The number of aromatic nitrogens is 1. The van der Waals surface area contributed by atoms with Crippen LogP contribution in [0, 0.1) is 0 Å². The molecule has 6 heteroatoms. The molecule has 0 radical (unpaired) electrons. The minimum atomic E-state index is -0.342. The fourth-order valence-corrected chi connectivity index (χ4v) is 2.32. The molecule has 2 amide bonds. The summed E-state index contributed by atoms with van der Waals surface area (Å²) in [5.41, 5.74) is 2.34. The summed E-state index contributed by atoms with van der Waals surface area (Å²) in [6.07, 6.45) is 0. The summed E-state index contributed by atoms with van der Waals surface area (Å²) in [6.45, 7) is 5.49. The van der Waals surface area contributed by atoms with Crippen LogP contribution in [0.15, 0.2) is 42.5 Å². The van der Waals surface area contributed by atoms with Crippen LogP contribution in [-0.4, -0.2) is 48.9 Å². The first-order chi connectivity index (χ1) is 12.4. The molecule has 0 saturated heterocycles. The number of benzene rings is 1. The number of rotatable bonds is 7. The number of carbonyl (C=O) groups is 2. The number of anilines is 1. The van der Waals surface area contributed by atoms with Gasteiger partial charge < -0.3 is 15.5 Å². The SMILES string of the molecule is CC(C)c1ccc(NC(=O)c2cccc(C(=O)NCCN(C)C)n2)cc1. The summed E-state index contributed by atoms with van der Waals surface area (Å²) in [5, 5.41) is 5.60. The highest BCUT2D eigenvalue weighted by Crippen LogP contribution is 2.17. The molecular weight excluding hydrogens is 328 g/mol. The molecule has 1 heterocycles. The third kappa shape index (κ3) is 5.67. The molecule has 1 aromatic carbocycles. The predicted molar refractivity (Wildman–Crippen MR) is 104 cm³/mol. The lowest BCUT2D eigenvalue weighted by Crippen LogP contribution is -2.32. The van der Waals surface area contributed by atoms with E-state index in [1.807, 2.05) is 43.3 Å². The lowest BCUT2D eigenvalue weighted by Gasteiger charge is -2.11. The first-order valence-corrected chi connectivity index (χ1v) is 8.68. The van der Waals surface area contributed by atoms with Crippen LogP contribution in [-0.2, 0) is 0 Å². The number of nitrogens with one attached hydrogen (secondary N) is 2. The number of amides is 2. The van der Waals surface area contributed by atoms with Crippen molar-refractivity contribution >= 4 is 17.5 Å². The van der Waals surface area contributed by atoms with Crippen molar-refractivity contribution in [3.63, 3.8) is 0 Å². The quantitative estimate of drug-likeness (QED) is 0.802. The second-order valence-corrected chi connectivity index (χ2v) is 6.70. The van der Waals surface area contributed by atoms with Gasteiger partial charge in [-0.1, -0.05) is 32.0 Å². The molecule has 2 aromatic rings. The number of likely N-dealkylation sites (N-methyl/N-ethyl adjacent to an activating group) is 1. The van der Waals surface area contributed by atoms with Gasteiger partial charge in [-0.2, -0.15) is 0 Å². The Balaban J connectivity index is 2.01. The zero-order chi connectivity index (χ0) is 19.1. The Hall–Kier alpha value is -2.73. The number of carbonyl (C=O) groups excluding carboxylic acids is 2. The highest BCUT2D eigenvalue weighted by molar-refractivity contribution is 6.03. The Morgan fingerprint density at radius 1 is 1.00 bits per heavy atom. The van der Waals surface area contributed by atoms with Gasteiger partial charge in [-0.15, -0.1) is 0 Å². The van der Waals surface area contributed by atoms with E-state index in [-0.39, 0.29) is 23.2 Å². The van der Waals surface area contributed by atoms with Gasteiger partial charge in [0.05, 0.1) is 0 Å². The monoisotopic (exact) mass is 354 g/mol. The first-order valence-electron chi connectivity index (χ1n) is 8.68. The van der Waals surface area contributed by atoms with Crippen LogP contribution in [0.5, 0.6) is 0 Å². The van der Waals surface area contributed by atoms with E-state index in [0.717, 1.165) is 6.54 Å². The molecule has 0 saturated carbocycles. The number of nitrogens with zero attached hydrogens (tertiary/aromatic N) is 2. The molecule has 0 fully saturated rings. The molecule has 6 nitrogen and oxygen atoms in total. The summed E-state index contributed by atoms with van der Waals surface area (Å²) < 4.78 is 0. The molecule has 26 heavy (non-hydrogen) atoms. The average Bonchev–Trinajstić information content (AvgIpc) is 2.62. The minimum Gasteiger partial charge on any atom is -0.349 e. The van der Waals surface area contributed by atoms with Crippen LogP contribution in [0.4, 0.5) is 5.69 Å². The van der Waals surface area contributed by atoms with E-state index in [1.54, 1.807) is 18.2 Å². The normalized spacial score (nSPS) is 10.8. The maximum Gasteiger partial charge on any atom is 0.274 e. The van der Waals surface area contributed by atoms with Crippen molar-refractivity contribution in [1.82, 2.24) is 15.2 Å². The third-order valence-electron chi connectivity index (χ3n) is 3.89. The molecule has 0 aliphatic carbocycles. The molecule has 2 N–H and O–H groups in total. The Morgan fingerprint density at radius 3 is 2.19 bits per heavy atom. The molecule has 0 aliphatic heterocycles. The van der Waals surface area contributed by atoms with Crippen molar-refractivity contribution in [1.29, 1.82) is 0 Å². The van der Waals surface area contributed by atoms with Crippen molar-refractivity contribution in [3.05, 3.63) is 59.4 Å². The third-order valence-corrected chi connectivity index (χ3v) is 3.89. The van der Waals surface area contributed by atoms with Crippen LogP contribution >= 0.6 is 0 Å². The van der Waals surface area contributed by atoms with Gasteiger partial charge in [0.25, 0.3) is 11.8 Å². The van der Waals surface area contributed by atoms with E-state index in [9.17, 15) is 9.59 Å². The van der Waals surface area contributed by atoms with Crippen LogP contribution in [0.25, 0.3) is 0 Å². The maximum atomic E-state index is 12.4. The molecular formula is C20H26N4O2. The van der Waals surface area contributed by atoms with Crippen LogP contribution < -0.4 is 10.6 Å². The van der Waals surface area contributed by atoms with Gasteiger partial charge in [0.1, 0.15) is 11.4 Å². The molecule has 1 aromatic heterocycles. The number of hydrogen-bond donors (Lipinski definition) is 2. The minimum absolute atomic E-state index is 0.207. The van der Waals surface area contributed by atoms with E-state index >= 15 is 0 Å². The average molecular weight is 354 g/mol. The van der Waals surface area contributed by atoms with Gasteiger partial charge in [0.2, 0.25) is 0 Å². The highest BCUT2D eigenvalue weighted by Gasteiger charge is 2.12. The van der Waals surface area contributed by atoms with Crippen LogP contribution in [0.1, 0.15) is 46.3 Å². The molecule has 2 rings (SSSR count). The Kier molecular flexibility index (Phi) is 6.86. The molecule has 0 aliphatic rings. The summed E-state index contributed by atoms with van der Waals surface area (Å²) in [7, 11) is 3.87. The van der Waals surface area contributed by atoms with E-state index in [2.05, 4.69) is 29.5 Å². The van der Waals surface area contributed by atoms with Gasteiger partial charge in [-0.05, 0) is 49.8 Å². The summed E-state index contributed by atoms with van der Waals surface area (Å²) in [6, 6.07) is 12.6. The molecule has 0 atom stereocenters. The number of hydrogen-bond acceptors (Lipinski definition) is 4.